The number of halogens is 3. The standard InChI is InChI=1S/C20H16F3N3O3/c21-20(22,23)18-9-10-26(25-18)14-7-5-13(6-8-14)19(27)24-11-15-12-28-16-3-1-2-4-17(16)29-15/h1-10,15H,11-12H2,(H,24,27). The largest absolute Gasteiger partial charge is 0.486 e. The van der Waals surface area contributed by atoms with Crippen molar-refractivity contribution in [1.29, 1.82) is 0 Å². The van der Waals surface area contributed by atoms with Gasteiger partial charge in [0.2, 0.25) is 0 Å². The van der Waals surface area contributed by atoms with Crippen LogP contribution in [0.25, 0.3) is 5.69 Å². The zero-order chi connectivity index (χ0) is 20.4. The van der Waals surface area contributed by atoms with Crippen molar-refractivity contribution in [3.63, 3.8) is 0 Å². The molecular weight excluding hydrogens is 387 g/mol. The highest BCUT2D eigenvalue weighted by molar-refractivity contribution is 5.94. The molecule has 29 heavy (non-hydrogen) atoms. The van der Waals surface area contributed by atoms with Gasteiger partial charge in [-0.2, -0.15) is 18.3 Å². The number of ether oxygens (including phenoxy) is 2. The molecule has 1 atom stereocenters. The van der Waals surface area contributed by atoms with E-state index in [9.17, 15) is 18.0 Å². The molecule has 0 bridgehead atoms. The second-order valence-corrected chi connectivity index (χ2v) is 6.40. The van der Waals surface area contributed by atoms with E-state index in [4.69, 9.17) is 9.47 Å². The fourth-order valence-corrected chi connectivity index (χ4v) is 2.86. The summed E-state index contributed by atoms with van der Waals surface area (Å²) in [6, 6.07) is 14.3. The summed E-state index contributed by atoms with van der Waals surface area (Å²) >= 11 is 0. The van der Waals surface area contributed by atoms with Crippen molar-refractivity contribution >= 4 is 5.91 Å². The molecule has 4 rings (SSSR count). The van der Waals surface area contributed by atoms with Crippen LogP contribution in [0.4, 0.5) is 13.2 Å². The molecule has 1 amide bonds. The Bertz CT molecular complexity index is 1020. The maximum atomic E-state index is 12.7. The van der Waals surface area contributed by atoms with Crippen LogP contribution in [0.15, 0.2) is 60.8 Å². The lowest BCUT2D eigenvalue weighted by atomic mass is 10.2. The van der Waals surface area contributed by atoms with Crippen molar-refractivity contribution in [3.8, 4) is 17.2 Å². The topological polar surface area (TPSA) is 65.4 Å². The number of aromatic nitrogens is 2. The van der Waals surface area contributed by atoms with Crippen LogP contribution in [-0.4, -0.2) is 34.9 Å². The fourth-order valence-electron chi connectivity index (χ4n) is 2.86. The number of hydrogen-bond acceptors (Lipinski definition) is 4. The van der Waals surface area contributed by atoms with Crippen molar-refractivity contribution in [3.05, 3.63) is 72.1 Å². The SMILES string of the molecule is O=C(NCC1COc2ccccc2O1)c1ccc(-n2ccc(C(F)(F)F)n2)cc1. The maximum Gasteiger partial charge on any atom is 0.435 e. The van der Waals surface area contributed by atoms with Gasteiger partial charge in [0.1, 0.15) is 12.7 Å². The number of benzene rings is 2. The quantitative estimate of drug-likeness (QED) is 0.725. The zero-order valence-electron chi connectivity index (χ0n) is 15.0. The first kappa shape index (κ1) is 18.9. The molecule has 0 saturated carbocycles. The molecule has 0 spiro atoms. The van der Waals surface area contributed by atoms with E-state index in [1.165, 1.54) is 30.5 Å². The van der Waals surface area contributed by atoms with E-state index >= 15 is 0 Å². The van der Waals surface area contributed by atoms with Gasteiger partial charge in [0.25, 0.3) is 5.91 Å². The monoisotopic (exact) mass is 403 g/mol. The lowest BCUT2D eigenvalue weighted by molar-refractivity contribution is -0.141. The molecule has 0 radical (unpaired) electrons. The van der Waals surface area contributed by atoms with Crippen LogP contribution in [0.2, 0.25) is 0 Å². The summed E-state index contributed by atoms with van der Waals surface area (Å²) in [6.07, 6.45) is -3.61. The molecule has 1 N–H and O–H groups in total. The average Bonchev–Trinajstić information content (AvgIpc) is 3.23. The van der Waals surface area contributed by atoms with Crippen LogP contribution in [-0.2, 0) is 6.18 Å². The summed E-state index contributed by atoms with van der Waals surface area (Å²) < 4.78 is 50.5. The third kappa shape index (κ3) is 4.18. The minimum Gasteiger partial charge on any atom is -0.486 e. The molecule has 2 aromatic carbocycles. The van der Waals surface area contributed by atoms with Gasteiger partial charge in [-0.3, -0.25) is 4.79 Å². The minimum absolute atomic E-state index is 0.253. The van der Waals surface area contributed by atoms with Gasteiger partial charge >= 0.3 is 6.18 Å². The number of hydrogen-bond donors (Lipinski definition) is 1. The zero-order valence-corrected chi connectivity index (χ0v) is 15.0. The van der Waals surface area contributed by atoms with Crippen molar-refractivity contribution in [2.24, 2.45) is 0 Å². The molecular formula is C20H16F3N3O3. The van der Waals surface area contributed by atoms with Crippen LogP contribution in [0.5, 0.6) is 11.5 Å². The van der Waals surface area contributed by atoms with E-state index in [1.54, 1.807) is 6.07 Å². The third-order valence-electron chi connectivity index (χ3n) is 4.33. The number of carbonyl (C=O) groups is 1. The van der Waals surface area contributed by atoms with E-state index in [2.05, 4.69) is 10.4 Å². The Balaban J connectivity index is 1.36. The van der Waals surface area contributed by atoms with E-state index < -0.39 is 11.9 Å². The minimum atomic E-state index is -4.50. The summed E-state index contributed by atoms with van der Waals surface area (Å²) in [5, 5.41) is 6.27. The molecule has 9 heteroatoms. The van der Waals surface area contributed by atoms with Gasteiger partial charge in [-0.1, -0.05) is 12.1 Å². The Morgan fingerprint density at radius 1 is 1.10 bits per heavy atom. The molecule has 1 aliphatic rings. The molecule has 1 unspecified atom stereocenters. The molecule has 3 aromatic rings. The molecule has 0 fully saturated rings. The molecule has 1 aromatic heterocycles. The molecule has 150 valence electrons. The Hall–Kier alpha value is -3.49. The molecule has 6 nitrogen and oxygen atoms in total. The van der Waals surface area contributed by atoms with Crippen LogP contribution < -0.4 is 14.8 Å². The summed E-state index contributed by atoms with van der Waals surface area (Å²) in [7, 11) is 0. The highest BCUT2D eigenvalue weighted by atomic mass is 19.4. The predicted molar refractivity (Wildman–Crippen MR) is 97.3 cm³/mol. The number of para-hydroxylation sites is 2. The molecule has 2 heterocycles. The lowest BCUT2D eigenvalue weighted by Gasteiger charge is -2.26. The third-order valence-corrected chi connectivity index (χ3v) is 4.33. The van der Waals surface area contributed by atoms with Crippen LogP contribution in [0.3, 0.4) is 0 Å². The van der Waals surface area contributed by atoms with E-state index in [-0.39, 0.29) is 18.6 Å². The summed E-state index contributed by atoms with van der Waals surface area (Å²) in [6.45, 7) is 0.570. The van der Waals surface area contributed by atoms with E-state index in [1.807, 2.05) is 18.2 Å². The number of rotatable bonds is 4. The number of nitrogens with zero attached hydrogens (tertiary/aromatic N) is 2. The highest BCUT2D eigenvalue weighted by Crippen LogP contribution is 2.30. The Morgan fingerprint density at radius 2 is 1.83 bits per heavy atom. The van der Waals surface area contributed by atoms with Gasteiger partial charge in [0.05, 0.1) is 12.2 Å². The fraction of sp³-hybridized carbons (Fsp3) is 0.200. The number of fused-ring (bicyclic) bond motifs is 1. The van der Waals surface area contributed by atoms with Gasteiger partial charge in [-0.05, 0) is 42.5 Å². The lowest BCUT2D eigenvalue weighted by Crippen LogP contribution is -2.40. The van der Waals surface area contributed by atoms with Gasteiger partial charge in [-0.25, -0.2) is 4.68 Å². The number of alkyl halides is 3. The van der Waals surface area contributed by atoms with Crippen LogP contribution >= 0.6 is 0 Å². The Kier molecular flexibility index (Phi) is 4.87. The van der Waals surface area contributed by atoms with E-state index in [0.29, 0.717) is 29.4 Å². The normalized spacial score (nSPS) is 15.8. The number of carbonyl (C=O) groups excluding carboxylic acids is 1. The van der Waals surface area contributed by atoms with Crippen molar-refractivity contribution < 1.29 is 27.4 Å². The van der Waals surface area contributed by atoms with Crippen molar-refractivity contribution in [2.75, 3.05) is 13.2 Å². The number of nitrogens with one attached hydrogen (secondary N) is 1. The summed E-state index contributed by atoms with van der Waals surface area (Å²) in [5.41, 5.74) is -0.192. The number of amides is 1. The average molecular weight is 403 g/mol. The Labute approximate surface area is 163 Å². The second-order valence-electron chi connectivity index (χ2n) is 6.40. The van der Waals surface area contributed by atoms with Crippen LogP contribution in [0.1, 0.15) is 16.1 Å². The second kappa shape index (κ2) is 7.50. The Morgan fingerprint density at radius 3 is 2.52 bits per heavy atom. The van der Waals surface area contributed by atoms with Crippen molar-refractivity contribution in [1.82, 2.24) is 15.1 Å². The summed E-state index contributed by atoms with van der Waals surface area (Å²) in [5.74, 6) is 0.966. The summed E-state index contributed by atoms with van der Waals surface area (Å²) in [4.78, 5) is 12.3. The molecule has 0 saturated heterocycles. The predicted octanol–water partition coefficient (Wildman–Crippen LogP) is 3.46. The first-order valence-electron chi connectivity index (χ1n) is 8.80. The first-order chi connectivity index (χ1) is 13.9. The van der Waals surface area contributed by atoms with Crippen LogP contribution in [0, 0.1) is 0 Å². The molecule has 0 aliphatic carbocycles. The maximum absolute atomic E-state index is 12.7. The van der Waals surface area contributed by atoms with Gasteiger partial charge in [0.15, 0.2) is 17.2 Å². The smallest absolute Gasteiger partial charge is 0.435 e. The highest BCUT2D eigenvalue weighted by Gasteiger charge is 2.33. The van der Waals surface area contributed by atoms with Crippen molar-refractivity contribution in [2.45, 2.75) is 12.3 Å². The first-order valence-corrected chi connectivity index (χ1v) is 8.80. The van der Waals surface area contributed by atoms with E-state index in [0.717, 1.165) is 10.7 Å². The molecule has 1 aliphatic heterocycles. The van der Waals surface area contributed by atoms with Gasteiger partial charge in [0, 0.05) is 11.8 Å². The van der Waals surface area contributed by atoms with Gasteiger partial charge in [-0.15, -0.1) is 0 Å². The van der Waals surface area contributed by atoms with Gasteiger partial charge < -0.3 is 14.8 Å².